The number of hydrogen-bond donors (Lipinski definition) is 1. The smallest absolute Gasteiger partial charge is 0.352 e. The van der Waals surface area contributed by atoms with Crippen LogP contribution < -0.4 is 4.74 Å². The molecule has 0 aliphatic carbocycles. The van der Waals surface area contributed by atoms with E-state index in [1.165, 1.54) is 0 Å². The molecule has 21 heavy (non-hydrogen) atoms. The summed E-state index contributed by atoms with van der Waals surface area (Å²) in [6.45, 7) is 0. The molecule has 0 saturated heterocycles. The zero-order valence-electron chi connectivity index (χ0n) is 11.1. The van der Waals surface area contributed by atoms with Crippen LogP contribution in [0.5, 0.6) is 11.5 Å². The Balaban J connectivity index is 2.12. The van der Waals surface area contributed by atoms with Crippen LogP contribution in [0.4, 0.5) is 0 Å². The van der Waals surface area contributed by atoms with E-state index in [0.717, 1.165) is 5.39 Å². The molecule has 5 nitrogen and oxygen atoms in total. The molecule has 0 amide bonds. The zero-order valence-corrected chi connectivity index (χ0v) is 11.8. The lowest BCUT2D eigenvalue weighted by Crippen LogP contribution is -2.04. The molecule has 1 N–H and O–H groups in total. The molecule has 3 aromatic rings. The van der Waals surface area contributed by atoms with Gasteiger partial charge in [0.05, 0.1) is 5.52 Å². The van der Waals surface area contributed by atoms with E-state index in [2.05, 4.69) is 4.98 Å². The first-order chi connectivity index (χ1) is 10.1. The van der Waals surface area contributed by atoms with E-state index in [9.17, 15) is 9.90 Å². The maximum absolute atomic E-state index is 11.2. The Kier molecular flexibility index (Phi) is 3.27. The second-order valence-corrected chi connectivity index (χ2v) is 4.89. The summed E-state index contributed by atoms with van der Waals surface area (Å²) in [7, 11) is 1.69. The molecular formula is C15H11ClN2O3. The van der Waals surface area contributed by atoms with Crippen molar-refractivity contribution in [3.8, 4) is 11.5 Å². The molecule has 0 atom stereocenters. The standard InChI is InChI=1S/C15H11ClN2O3/c1-18-11(15(19)20)7-9-3-2-4-12(14(9)18)21-10-5-6-17-13(16)8-10/h2-8H,1H3,(H,19,20). The number of rotatable bonds is 3. The minimum Gasteiger partial charge on any atom is -0.477 e. The molecule has 0 bridgehead atoms. The third-order valence-electron chi connectivity index (χ3n) is 3.16. The predicted octanol–water partition coefficient (Wildman–Crippen LogP) is 3.72. The number of carboxylic acid groups (broad SMARTS) is 1. The van der Waals surface area contributed by atoms with Gasteiger partial charge in [-0.05, 0) is 18.2 Å². The van der Waals surface area contributed by atoms with Crippen LogP contribution in [0, 0.1) is 0 Å². The van der Waals surface area contributed by atoms with Crippen LogP contribution in [0.2, 0.25) is 5.15 Å². The monoisotopic (exact) mass is 302 g/mol. The number of carboxylic acids is 1. The van der Waals surface area contributed by atoms with Crippen molar-refractivity contribution in [2.24, 2.45) is 7.05 Å². The topological polar surface area (TPSA) is 64.4 Å². The highest BCUT2D eigenvalue weighted by molar-refractivity contribution is 6.29. The summed E-state index contributed by atoms with van der Waals surface area (Å²) in [4.78, 5) is 15.1. The molecule has 0 unspecified atom stereocenters. The summed E-state index contributed by atoms with van der Waals surface area (Å²) in [5.41, 5.74) is 0.914. The summed E-state index contributed by atoms with van der Waals surface area (Å²) in [5, 5.41) is 10.3. The van der Waals surface area contributed by atoms with E-state index in [4.69, 9.17) is 16.3 Å². The molecule has 0 aliphatic rings. The van der Waals surface area contributed by atoms with Gasteiger partial charge in [-0.15, -0.1) is 0 Å². The summed E-state index contributed by atoms with van der Waals surface area (Å²) in [5.74, 6) is 0.122. The molecule has 106 valence electrons. The molecule has 0 radical (unpaired) electrons. The van der Waals surface area contributed by atoms with Gasteiger partial charge in [0.15, 0.2) is 5.75 Å². The zero-order chi connectivity index (χ0) is 15.0. The van der Waals surface area contributed by atoms with E-state index >= 15 is 0 Å². The first kappa shape index (κ1) is 13.5. The van der Waals surface area contributed by atoms with Gasteiger partial charge >= 0.3 is 5.97 Å². The van der Waals surface area contributed by atoms with E-state index in [1.807, 2.05) is 12.1 Å². The van der Waals surface area contributed by atoms with Crippen LogP contribution >= 0.6 is 11.6 Å². The predicted molar refractivity (Wildman–Crippen MR) is 79.2 cm³/mol. The first-order valence-electron chi connectivity index (χ1n) is 6.17. The fourth-order valence-electron chi connectivity index (χ4n) is 2.24. The van der Waals surface area contributed by atoms with Gasteiger partial charge < -0.3 is 14.4 Å². The van der Waals surface area contributed by atoms with E-state index in [0.29, 0.717) is 22.2 Å². The van der Waals surface area contributed by atoms with Gasteiger partial charge in [-0.1, -0.05) is 23.7 Å². The third kappa shape index (κ3) is 2.43. The number of aromatic carboxylic acids is 1. The molecule has 0 fully saturated rings. The Morgan fingerprint density at radius 2 is 2.14 bits per heavy atom. The molecule has 6 heteroatoms. The van der Waals surface area contributed by atoms with Crippen LogP contribution in [0.15, 0.2) is 42.6 Å². The summed E-state index contributed by atoms with van der Waals surface area (Å²) in [6, 6.07) is 10.3. The minimum atomic E-state index is -0.980. The van der Waals surface area contributed by atoms with Crippen LogP contribution in [-0.4, -0.2) is 20.6 Å². The number of aromatic nitrogens is 2. The Morgan fingerprint density at radius 3 is 2.86 bits per heavy atom. The molecule has 0 aliphatic heterocycles. The molecule has 1 aromatic carbocycles. The molecule has 2 heterocycles. The van der Waals surface area contributed by atoms with Crippen molar-refractivity contribution in [1.29, 1.82) is 0 Å². The Labute approximate surface area is 125 Å². The Hall–Kier alpha value is -2.53. The van der Waals surface area contributed by atoms with Crippen molar-refractivity contribution in [2.75, 3.05) is 0 Å². The largest absolute Gasteiger partial charge is 0.477 e. The third-order valence-corrected chi connectivity index (χ3v) is 3.37. The van der Waals surface area contributed by atoms with Crippen LogP contribution in [0.1, 0.15) is 10.5 Å². The second-order valence-electron chi connectivity index (χ2n) is 4.50. The van der Waals surface area contributed by atoms with Crippen molar-refractivity contribution in [3.05, 3.63) is 53.4 Å². The van der Waals surface area contributed by atoms with Gasteiger partial charge in [0.2, 0.25) is 0 Å². The van der Waals surface area contributed by atoms with E-state index < -0.39 is 5.97 Å². The lowest BCUT2D eigenvalue weighted by atomic mass is 10.2. The van der Waals surface area contributed by atoms with Crippen molar-refractivity contribution in [3.63, 3.8) is 0 Å². The van der Waals surface area contributed by atoms with Gasteiger partial charge in [-0.3, -0.25) is 0 Å². The van der Waals surface area contributed by atoms with Crippen molar-refractivity contribution in [1.82, 2.24) is 9.55 Å². The quantitative estimate of drug-likeness (QED) is 0.749. The number of aryl methyl sites for hydroxylation is 1. The average Bonchev–Trinajstić information content (AvgIpc) is 2.77. The van der Waals surface area contributed by atoms with Gasteiger partial charge in [0.1, 0.15) is 16.6 Å². The number of nitrogens with zero attached hydrogens (tertiary/aromatic N) is 2. The van der Waals surface area contributed by atoms with Crippen LogP contribution in [-0.2, 0) is 7.05 Å². The minimum absolute atomic E-state index is 0.203. The highest BCUT2D eigenvalue weighted by Crippen LogP contribution is 2.32. The lowest BCUT2D eigenvalue weighted by Gasteiger charge is -2.09. The summed E-state index contributed by atoms with van der Waals surface area (Å²) < 4.78 is 7.40. The Bertz CT molecular complexity index is 842. The fourth-order valence-corrected chi connectivity index (χ4v) is 2.41. The number of ether oxygens (including phenoxy) is 1. The van der Waals surface area contributed by atoms with Gasteiger partial charge in [0.25, 0.3) is 0 Å². The highest BCUT2D eigenvalue weighted by atomic mass is 35.5. The number of pyridine rings is 1. The molecule has 2 aromatic heterocycles. The number of fused-ring (bicyclic) bond motifs is 1. The fraction of sp³-hybridized carbons (Fsp3) is 0.0667. The maximum atomic E-state index is 11.2. The second kappa shape index (κ2) is 5.10. The van der Waals surface area contributed by atoms with Crippen molar-refractivity contribution in [2.45, 2.75) is 0 Å². The summed E-state index contributed by atoms with van der Waals surface area (Å²) >= 11 is 5.83. The van der Waals surface area contributed by atoms with E-state index in [-0.39, 0.29) is 5.69 Å². The molecule has 0 saturated carbocycles. The SMILES string of the molecule is Cn1c(C(=O)O)cc2cccc(Oc3ccnc(Cl)c3)c21. The van der Waals surface area contributed by atoms with Gasteiger partial charge in [0, 0.05) is 24.7 Å². The lowest BCUT2D eigenvalue weighted by molar-refractivity contribution is 0.0687. The number of para-hydroxylation sites is 1. The highest BCUT2D eigenvalue weighted by Gasteiger charge is 2.15. The van der Waals surface area contributed by atoms with Gasteiger partial charge in [-0.2, -0.15) is 0 Å². The normalized spacial score (nSPS) is 10.8. The molecule has 0 spiro atoms. The van der Waals surface area contributed by atoms with Crippen LogP contribution in [0.3, 0.4) is 0 Å². The van der Waals surface area contributed by atoms with E-state index in [1.54, 1.807) is 42.1 Å². The molecule has 3 rings (SSSR count). The number of benzene rings is 1. The maximum Gasteiger partial charge on any atom is 0.352 e. The summed E-state index contributed by atoms with van der Waals surface area (Å²) in [6.07, 6.45) is 1.55. The Morgan fingerprint density at radius 1 is 1.33 bits per heavy atom. The number of carbonyl (C=O) groups is 1. The van der Waals surface area contributed by atoms with Crippen molar-refractivity contribution >= 4 is 28.5 Å². The number of hydrogen-bond acceptors (Lipinski definition) is 3. The van der Waals surface area contributed by atoms with Gasteiger partial charge in [-0.25, -0.2) is 9.78 Å². The van der Waals surface area contributed by atoms with Crippen molar-refractivity contribution < 1.29 is 14.6 Å². The average molecular weight is 303 g/mol. The molecular weight excluding hydrogens is 292 g/mol. The van der Waals surface area contributed by atoms with Crippen LogP contribution in [0.25, 0.3) is 10.9 Å². The number of halogens is 1. The first-order valence-corrected chi connectivity index (χ1v) is 6.55.